The van der Waals surface area contributed by atoms with Crippen molar-refractivity contribution in [3.63, 3.8) is 0 Å². The third-order valence-corrected chi connectivity index (χ3v) is 3.30. The Balaban J connectivity index is 2.00. The van der Waals surface area contributed by atoms with Gasteiger partial charge in [-0.2, -0.15) is 18.3 Å². The lowest BCUT2D eigenvalue weighted by molar-refractivity contribution is -0.137. The van der Waals surface area contributed by atoms with Gasteiger partial charge in [-0.15, -0.1) is 0 Å². The first-order valence-corrected chi connectivity index (χ1v) is 7.52. The zero-order chi connectivity index (χ0) is 19.9. The summed E-state index contributed by atoms with van der Waals surface area (Å²) in [5, 5.41) is 12.1. The normalized spacial score (nSPS) is 11.7. The summed E-state index contributed by atoms with van der Waals surface area (Å²) in [6, 6.07) is 10.5. The van der Waals surface area contributed by atoms with Crippen LogP contribution in [0.2, 0.25) is 0 Å². The summed E-state index contributed by atoms with van der Waals surface area (Å²) in [4.78, 5) is 23.0. The number of carbonyl (C=O) groups is 2. The van der Waals surface area contributed by atoms with Crippen LogP contribution in [0.3, 0.4) is 0 Å². The lowest BCUT2D eigenvalue weighted by Crippen LogP contribution is -2.17. The topological polar surface area (TPSA) is 90.8 Å². The van der Waals surface area contributed by atoms with Crippen LogP contribution in [-0.4, -0.2) is 23.2 Å². The highest BCUT2D eigenvalue weighted by atomic mass is 19.4. The van der Waals surface area contributed by atoms with E-state index in [4.69, 9.17) is 5.21 Å². The standard InChI is InChI=1S/C18H14F3N3O3/c19-18(20,21)15-7-4-13(5-8-15)11-22-23-17(26)14-3-1-2-12(10-14)6-9-16(25)24-27/h1-11,27H,(H,23,26)(H,24,25). The van der Waals surface area contributed by atoms with Crippen LogP contribution in [-0.2, 0) is 11.0 Å². The molecule has 0 fully saturated rings. The van der Waals surface area contributed by atoms with E-state index in [1.54, 1.807) is 12.1 Å². The van der Waals surface area contributed by atoms with Crippen molar-refractivity contribution in [2.45, 2.75) is 6.18 Å². The van der Waals surface area contributed by atoms with Crippen molar-refractivity contribution < 1.29 is 28.0 Å². The smallest absolute Gasteiger partial charge is 0.288 e. The molecule has 0 atom stereocenters. The molecule has 0 heterocycles. The number of amides is 2. The van der Waals surface area contributed by atoms with Gasteiger partial charge in [0.1, 0.15) is 0 Å². The third kappa shape index (κ3) is 6.08. The van der Waals surface area contributed by atoms with E-state index in [0.717, 1.165) is 18.2 Å². The molecule has 9 heteroatoms. The van der Waals surface area contributed by atoms with Gasteiger partial charge in [0, 0.05) is 11.6 Å². The largest absolute Gasteiger partial charge is 0.416 e. The Hall–Kier alpha value is -3.46. The summed E-state index contributed by atoms with van der Waals surface area (Å²) < 4.78 is 37.5. The zero-order valence-corrected chi connectivity index (χ0v) is 13.7. The van der Waals surface area contributed by atoms with E-state index in [0.29, 0.717) is 11.1 Å². The highest BCUT2D eigenvalue weighted by Crippen LogP contribution is 2.28. The molecule has 2 rings (SSSR count). The fourth-order valence-electron chi connectivity index (χ4n) is 1.98. The van der Waals surface area contributed by atoms with Crippen molar-refractivity contribution in [1.29, 1.82) is 0 Å². The maximum Gasteiger partial charge on any atom is 0.416 e. The van der Waals surface area contributed by atoms with Gasteiger partial charge in [-0.05, 0) is 41.5 Å². The SMILES string of the molecule is O=C(C=Cc1cccc(C(=O)NN=Cc2ccc(C(F)(F)F)cc2)c1)NO. The first kappa shape index (κ1) is 19.9. The number of benzene rings is 2. The molecule has 0 bridgehead atoms. The lowest BCUT2D eigenvalue weighted by Gasteiger charge is -2.05. The average molecular weight is 377 g/mol. The number of hydroxylamine groups is 1. The summed E-state index contributed by atoms with van der Waals surface area (Å²) in [7, 11) is 0. The number of nitrogens with zero attached hydrogens (tertiary/aromatic N) is 1. The molecular weight excluding hydrogens is 363 g/mol. The molecule has 0 saturated heterocycles. The number of halogens is 3. The molecular formula is C18H14F3N3O3. The molecule has 0 spiro atoms. The molecule has 2 amide bonds. The summed E-state index contributed by atoms with van der Waals surface area (Å²) >= 11 is 0. The van der Waals surface area contributed by atoms with Crippen molar-refractivity contribution in [3.8, 4) is 0 Å². The van der Waals surface area contributed by atoms with Crippen LogP contribution < -0.4 is 10.9 Å². The molecule has 140 valence electrons. The van der Waals surface area contributed by atoms with Crippen LogP contribution in [0.25, 0.3) is 6.08 Å². The number of hydrogen-bond donors (Lipinski definition) is 3. The molecule has 0 aliphatic heterocycles. The van der Waals surface area contributed by atoms with E-state index in [2.05, 4.69) is 10.5 Å². The second kappa shape index (κ2) is 8.77. The number of carbonyl (C=O) groups excluding carboxylic acids is 2. The quantitative estimate of drug-likeness (QED) is 0.324. The minimum absolute atomic E-state index is 0.256. The second-order valence-corrected chi connectivity index (χ2v) is 5.25. The maximum absolute atomic E-state index is 12.5. The molecule has 2 aromatic carbocycles. The van der Waals surface area contributed by atoms with Gasteiger partial charge in [-0.1, -0.05) is 24.3 Å². The molecule has 0 unspecified atom stereocenters. The zero-order valence-electron chi connectivity index (χ0n) is 13.7. The Bertz CT molecular complexity index is 875. The summed E-state index contributed by atoms with van der Waals surface area (Å²) in [5.41, 5.74) is 4.11. The number of hydrazone groups is 1. The van der Waals surface area contributed by atoms with Crippen LogP contribution in [0.5, 0.6) is 0 Å². The molecule has 0 aromatic heterocycles. The van der Waals surface area contributed by atoms with E-state index in [1.807, 2.05) is 0 Å². The molecule has 2 aromatic rings. The third-order valence-electron chi connectivity index (χ3n) is 3.30. The first-order valence-electron chi connectivity index (χ1n) is 7.52. The fraction of sp³-hybridized carbons (Fsp3) is 0.0556. The number of hydrogen-bond acceptors (Lipinski definition) is 4. The predicted molar refractivity (Wildman–Crippen MR) is 91.9 cm³/mol. The number of nitrogens with one attached hydrogen (secondary N) is 2. The summed E-state index contributed by atoms with van der Waals surface area (Å²) in [6.45, 7) is 0. The van der Waals surface area contributed by atoms with Crippen LogP contribution in [0.4, 0.5) is 13.2 Å². The highest BCUT2D eigenvalue weighted by molar-refractivity contribution is 5.96. The van der Waals surface area contributed by atoms with E-state index in [9.17, 15) is 22.8 Å². The number of rotatable bonds is 5. The van der Waals surface area contributed by atoms with Gasteiger partial charge in [0.2, 0.25) is 0 Å². The summed E-state index contributed by atoms with van der Waals surface area (Å²) in [5.74, 6) is -1.26. The van der Waals surface area contributed by atoms with Crippen LogP contribution in [0, 0.1) is 0 Å². The average Bonchev–Trinajstić information content (AvgIpc) is 2.66. The van der Waals surface area contributed by atoms with Gasteiger partial charge in [0.05, 0.1) is 11.8 Å². The predicted octanol–water partition coefficient (Wildman–Crippen LogP) is 2.99. The van der Waals surface area contributed by atoms with Gasteiger partial charge in [0.15, 0.2) is 0 Å². The molecule has 6 nitrogen and oxygen atoms in total. The lowest BCUT2D eigenvalue weighted by atomic mass is 10.1. The molecule has 0 radical (unpaired) electrons. The van der Waals surface area contributed by atoms with Crippen molar-refractivity contribution >= 4 is 24.1 Å². The van der Waals surface area contributed by atoms with Crippen LogP contribution in [0.1, 0.15) is 27.0 Å². The van der Waals surface area contributed by atoms with Gasteiger partial charge in [-0.25, -0.2) is 10.9 Å². The maximum atomic E-state index is 12.5. The van der Waals surface area contributed by atoms with Crippen LogP contribution >= 0.6 is 0 Å². The molecule has 3 N–H and O–H groups in total. The summed E-state index contributed by atoms with van der Waals surface area (Å²) in [6.07, 6.45) is -0.720. The highest BCUT2D eigenvalue weighted by Gasteiger charge is 2.29. The molecule has 0 aliphatic rings. The Morgan fingerprint density at radius 2 is 1.74 bits per heavy atom. The fourth-order valence-corrected chi connectivity index (χ4v) is 1.98. The van der Waals surface area contributed by atoms with E-state index in [-0.39, 0.29) is 5.56 Å². The van der Waals surface area contributed by atoms with E-state index < -0.39 is 23.6 Å². The van der Waals surface area contributed by atoms with E-state index >= 15 is 0 Å². The Morgan fingerprint density at radius 1 is 1.04 bits per heavy atom. The molecule has 0 saturated carbocycles. The van der Waals surface area contributed by atoms with Crippen molar-refractivity contribution in [3.05, 3.63) is 76.9 Å². The Labute approximate surface area is 152 Å². The minimum Gasteiger partial charge on any atom is -0.288 e. The second-order valence-electron chi connectivity index (χ2n) is 5.25. The van der Waals surface area contributed by atoms with Gasteiger partial charge < -0.3 is 0 Å². The monoisotopic (exact) mass is 377 g/mol. The van der Waals surface area contributed by atoms with Crippen molar-refractivity contribution in [1.82, 2.24) is 10.9 Å². The Kier molecular flexibility index (Phi) is 6.45. The van der Waals surface area contributed by atoms with E-state index in [1.165, 1.54) is 42.0 Å². The van der Waals surface area contributed by atoms with Crippen LogP contribution in [0.15, 0.2) is 59.7 Å². The molecule has 27 heavy (non-hydrogen) atoms. The number of alkyl halides is 3. The Morgan fingerprint density at radius 3 is 2.37 bits per heavy atom. The minimum atomic E-state index is -4.42. The van der Waals surface area contributed by atoms with Gasteiger partial charge >= 0.3 is 6.18 Å². The van der Waals surface area contributed by atoms with Gasteiger partial charge in [-0.3, -0.25) is 14.8 Å². The first-order chi connectivity index (χ1) is 12.8. The van der Waals surface area contributed by atoms with Crippen molar-refractivity contribution in [2.24, 2.45) is 5.10 Å². The van der Waals surface area contributed by atoms with Crippen molar-refractivity contribution in [2.75, 3.05) is 0 Å². The molecule has 0 aliphatic carbocycles. The van der Waals surface area contributed by atoms with Gasteiger partial charge in [0.25, 0.3) is 11.8 Å².